The number of nitrogens with zero attached hydrogens (tertiary/aromatic N) is 1. The highest BCUT2D eigenvalue weighted by Crippen LogP contribution is 2.46. The lowest BCUT2D eigenvalue weighted by Crippen LogP contribution is -2.20. The van der Waals surface area contributed by atoms with Crippen LogP contribution in [0.4, 0.5) is 0 Å². The van der Waals surface area contributed by atoms with Crippen molar-refractivity contribution in [3.63, 3.8) is 0 Å². The van der Waals surface area contributed by atoms with Crippen LogP contribution in [-0.4, -0.2) is 19.0 Å². The third-order valence-corrected chi connectivity index (χ3v) is 3.59. The Kier molecular flexibility index (Phi) is 2.60. The van der Waals surface area contributed by atoms with Gasteiger partial charge < -0.3 is 4.74 Å². The molecule has 83 valence electrons. The van der Waals surface area contributed by atoms with E-state index < -0.39 is 0 Å². The average Bonchev–Trinajstić information content (AvgIpc) is 2.97. The lowest BCUT2D eigenvalue weighted by atomic mass is 9.88. The monoisotopic (exact) mass is 234 g/mol. The third kappa shape index (κ3) is 1.94. The van der Waals surface area contributed by atoms with E-state index in [4.69, 9.17) is 16.3 Å². The molecule has 1 radical (unpaired) electrons. The standard InChI is InChI=1S/C13H13ClNO/c14-11-5-3-10(4-6-11)13(9-1-2-9)12-7-16-8-15-12/h3-6,9,12-13H,1-2,7H2. The summed E-state index contributed by atoms with van der Waals surface area (Å²) in [6.07, 6.45) is 5.23. The molecule has 3 rings (SSSR count). The molecule has 0 bridgehead atoms. The maximum absolute atomic E-state index is 5.91. The van der Waals surface area contributed by atoms with Crippen molar-refractivity contribution in [2.75, 3.05) is 6.61 Å². The molecule has 0 amide bonds. The molecule has 1 aliphatic heterocycles. The van der Waals surface area contributed by atoms with E-state index in [1.807, 2.05) is 12.1 Å². The normalized spacial score (nSPS) is 25.4. The first-order valence-corrected chi connectivity index (χ1v) is 6.04. The molecule has 1 aromatic carbocycles. The van der Waals surface area contributed by atoms with E-state index in [1.54, 1.807) is 0 Å². The molecular formula is C13H13ClNO. The van der Waals surface area contributed by atoms with Gasteiger partial charge >= 0.3 is 0 Å². The summed E-state index contributed by atoms with van der Waals surface area (Å²) in [5, 5.41) is 0.788. The average molecular weight is 235 g/mol. The first-order chi connectivity index (χ1) is 7.84. The minimum absolute atomic E-state index is 0.244. The Bertz CT molecular complexity index is 397. The molecule has 1 aromatic rings. The van der Waals surface area contributed by atoms with Gasteiger partial charge in [-0.15, -0.1) is 0 Å². The molecule has 2 aliphatic rings. The van der Waals surface area contributed by atoms with Crippen molar-refractivity contribution in [2.45, 2.75) is 24.8 Å². The van der Waals surface area contributed by atoms with Crippen molar-refractivity contribution in [1.82, 2.24) is 0 Å². The summed E-state index contributed by atoms with van der Waals surface area (Å²) in [5.74, 6) is 1.24. The van der Waals surface area contributed by atoms with Gasteiger partial charge in [0.15, 0.2) is 0 Å². The van der Waals surface area contributed by atoms with Crippen molar-refractivity contribution in [3.8, 4) is 0 Å². The van der Waals surface area contributed by atoms with Crippen molar-refractivity contribution in [3.05, 3.63) is 34.9 Å². The fourth-order valence-corrected chi connectivity index (χ4v) is 2.52. The van der Waals surface area contributed by atoms with Crippen LogP contribution >= 0.6 is 11.6 Å². The molecule has 1 aliphatic carbocycles. The van der Waals surface area contributed by atoms with Crippen molar-refractivity contribution in [2.24, 2.45) is 10.9 Å². The van der Waals surface area contributed by atoms with Crippen molar-refractivity contribution in [1.29, 1.82) is 0 Å². The molecule has 0 aromatic heterocycles. The summed E-state index contributed by atoms with van der Waals surface area (Å²) in [6, 6.07) is 8.37. The van der Waals surface area contributed by atoms with Crippen LogP contribution in [0.25, 0.3) is 0 Å². The van der Waals surface area contributed by atoms with Crippen molar-refractivity contribution < 1.29 is 4.74 Å². The highest BCUT2D eigenvalue weighted by atomic mass is 35.5. The number of aliphatic imine (C=N–C) groups is 1. The van der Waals surface area contributed by atoms with Crippen LogP contribution < -0.4 is 0 Å². The zero-order valence-corrected chi connectivity index (χ0v) is 9.65. The fraction of sp³-hybridized carbons (Fsp3) is 0.462. The largest absolute Gasteiger partial charge is 0.472 e. The number of hydrogen-bond acceptors (Lipinski definition) is 2. The fourth-order valence-electron chi connectivity index (χ4n) is 2.40. The molecular weight excluding hydrogens is 222 g/mol. The predicted octanol–water partition coefficient (Wildman–Crippen LogP) is 3.14. The SMILES string of the molecule is Clc1ccc(C(C2CC2)C2CO[C]=N2)cc1. The summed E-state index contributed by atoms with van der Waals surface area (Å²) in [6.45, 7) is 0.670. The topological polar surface area (TPSA) is 21.6 Å². The Balaban J connectivity index is 1.87. The van der Waals surface area contributed by atoms with Crippen LogP contribution in [0.5, 0.6) is 0 Å². The summed E-state index contributed by atoms with van der Waals surface area (Å²) in [5.41, 5.74) is 1.33. The van der Waals surface area contributed by atoms with E-state index in [1.165, 1.54) is 18.4 Å². The minimum Gasteiger partial charge on any atom is -0.472 e. The molecule has 1 heterocycles. The Morgan fingerprint density at radius 2 is 2.06 bits per heavy atom. The maximum atomic E-state index is 5.91. The van der Waals surface area contributed by atoms with E-state index >= 15 is 0 Å². The molecule has 2 atom stereocenters. The smallest absolute Gasteiger partial charge is 0.273 e. The Morgan fingerprint density at radius 3 is 2.62 bits per heavy atom. The number of hydrogen-bond donors (Lipinski definition) is 0. The Morgan fingerprint density at radius 1 is 1.31 bits per heavy atom. The first kappa shape index (κ1) is 10.2. The molecule has 1 fully saturated rings. The second-order valence-corrected chi connectivity index (χ2v) is 4.95. The second kappa shape index (κ2) is 4.10. The number of benzene rings is 1. The van der Waals surface area contributed by atoms with Crippen LogP contribution in [0.15, 0.2) is 29.3 Å². The van der Waals surface area contributed by atoms with Gasteiger partial charge in [-0.25, -0.2) is 4.99 Å². The predicted molar refractivity (Wildman–Crippen MR) is 64.1 cm³/mol. The maximum Gasteiger partial charge on any atom is 0.273 e. The van der Waals surface area contributed by atoms with Gasteiger partial charge in [-0.1, -0.05) is 23.7 Å². The molecule has 1 saturated carbocycles. The highest BCUT2D eigenvalue weighted by molar-refractivity contribution is 6.30. The van der Waals surface area contributed by atoms with Gasteiger partial charge in [0.1, 0.15) is 6.61 Å². The molecule has 0 N–H and O–H groups in total. The molecule has 0 spiro atoms. The molecule has 0 saturated heterocycles. The first-order valence-electron chi connectivity index (χ1n) is 5.67. The van der Waals surface area contributed by atoms with E-state index in [-0.39, 0.29) is 6.04 Å². The molecule has 16 heavy (non-hydrogen) atoms. The van der Waals surface area contributed by atoms with Gasteiger partial charge in [0.2, 0.25) is 0 Å². The zero-order valence-electron chi connectivity index (χ0n) is 8.90. The van der Waals surface area contributed by atoms with Crippen LogP contribution in [0.1, 0.15) is 24.3 Å². The minimum atomic E-state index is 0.244. The van der Waals surface area contributed by atoms with Gasteiger partial charge in [0, 0.05) is 10.9 Å². The summed E-state index contributed by atoms with van der Waals surface area (Å²) >= 11 is 5.91. The van der Waals surface area contributed by atoms with Crippen LogP contribution in [0.3, 0.4) is 0 Å². The lowest BCUT2D eigenvalue weighted by Gasteiger charge is -2.20. The van der Waals surface area contributed by atoms with Gasteiger partial charge in [0.25, 0.3) is 6.40 Å². The second-order valence-electron chi connectivity index (χ2n) is 4.51. The van der Waals surface area contributed by atoms with Gasteiger partial charge in [-0.2, -0.15) is 0 Å². The Hall–Kier alpha value is -1.02. The number of halogens is 1. The number of ether oxygens (including phenoxy) is 1. The molecule has 2 unspecified atom stereocenters. The number of rotatable bonds is 3. The Labute approximate surface area is 100 Å². The zero-order chi connectivity index (χ0) is 11.0. The summed E-state index contributed by atoms with van der Waals surface area (Å²) in [7, 11) is 0. The van der Waals surface area contributed by atoms with E-state index in [9.17, 15) is 0 Å². The van der Waals surface area contributed by atoms with Gasteiger partial charge in [0.05, 0.1) is 6.04 Å². The van der Waals surface area contributed by atoms with Crippen molar-refractivity contribution >= 4 is 18.0 Å². The summed E-state index contributed by atoms with van der Waals surface area (Å²) in [4.78, 5) is 4.29. The lowest BCUT2D eigenvalue weighted by molar-refractivity contribution is 0.302. The van der Waals surface area contributed by atoms with Gasteiger partial charge in [-0.05, 0) is 36.5 Å². The van der Waals surface area contributed by atoms with Crippen LogP contribution in [0.2, 0.25) is 5.02 Å². The van der Waals surface area contributed by atoms with E-state index in [2.05, 4.69) is 23.5 Å². The van der Waals surface area contributed by atoms with Crippen LogP contribution in [0, 0.1) is 5.92 Å². The quantitative estimate of drug-likeness (QED) is 0.788. The van der Waals surface area contributed by atoms with E-state index in [0.717, 1.165) is 10.9 Å². The highest BCUT2D eigenvalue weighted by Gasteiger charge is 2.38. The molecule has 3 heteroatoms. The third-order valence-electron chi connectivity index (χ3n) is 3.34. The molecule has 2 nitrogen and oxygen atoms in total. The van der Waals surface area contributed by atoms with Gasteiger partial charge in [-0.3, -0.25) is 0 Å². The summed E-state index contributed by atoms with van der Waals surface area (Å²) < 4.78 is 5.12. The van der Waals surface area contributed by atoms with E-state index in [0.29, 0.717) is 12.5 Å². The van der Waals surface area contributed by atoms with Crippen LogP contribution in [-0.2, 0) is 4.74 Å².